The fourth-order valence-corrected chi connectivity index (χ4v) is 2.59. The Labute approximate surface area is 98.1 Å². The molecule has 6 heteroatoms. The van der Waals surface area contributed by atoms with Crippen LogP contribution in [0, 0.1) is 0 Å². The maximum absolute atomic E-state index is 5.90. The lowest BCUT2D eigenvalue weighted by Crippen LogP contribution is -1.92. The van der Waals surface area contributed by atoms with E-state index in [1.165, 1.54) is 11.3 Å². The fraction of sp³-hybridized carbons (Fsp3) is 0. The summed E-state index contributed by atoms with van der Waals surface area (Å²) in [6.07, 6.45) is 1.62. The number of nitrogens with zero attached hydrogens (tertiary/aromatic N) is 2. The minimum absolute atomic E-state index is 0.454. The zero-order valence-electron chi connectivity index (χ0n) is 6.87. The van der Waals surface area contributed by atoms with Crippen LogP contribution in [-0.2, 0) is 0 Å². The van der Waals surface area contributed by atoms with Crippen molar-refractivity contribution >= 4 is 44.7 Å². The van der Waals surface area contributed by atoms with E-state index in [2.05, 4.69) is 25.9 Å². The van der Waals surface area contributed by atoms with E-state index in [4.69, 9.17) is 17.3 Å². The number of rotatable bonds is 1. The molecule has 0 atom stereocenters. The van der Waals surface area contributed by atoms with Crippen molar-refractivity contribution in [2.45, 2.75) is 0 Å². The van der Waals surface area contributed by atoms with Crippen molar-refractivity contribution in [2.75, 3.05) is 5.73 Å². The molecule has 0 fully saturated rings. The first-order chi connectivity index (χ1) is 6.66. The Hall–Kier alpha value is -0.650. The van der Waals surface area contributed by atoms with Crippen LogP contribution < -0.4 is 5.73 Å². The van der Waals surface area contributed by atoms with Gasteiger partial charge in [0.25, 0.3) is 0 Å². The molecule has 0 amide bonds. The van der Waals surface area contributed by atoms with Gasteiger partial charge in [-0.2, -0.15) is 0 Å². The van der Waals surface area contributed by atoms with Gasteiger partial charge in [-0.25, -0.2) is 9.97 Å². The first kappa shape index (κ1) is 9.89. The maximum atomic E-state index is 5.90. The summed E-state index contributed by atoms with van der Waals surface area (Å²) in [7, 11) is 0. The van der Waals surface area contributed by atoms with Crippen LogP contribution in [0.1, 0.15) is 0 Å². The topological polar surface area (TPSA) is 51.8 Å². The quantitative estimate of drug-likeness (QED) is 0.877. The number of nitrogen functional groups attached to an aromatic ring is 1. The summed E-state index contributed by atoms with van der Waals surface area (Å²) in [5.41, 5.74) is 5.55. The van der Waals surface area contributed by atoms with E-state index in [-0.39, 0.29) is 0 Å². The minimum atomic E-state index is 0.454. The molecule has 2 aromatic heterocycles. The van der Waals surface area contributed by atoms with Gasteiger partial charge in [-0.3, -0.25) is 0 Å². The molecule has 2 rings (SSSR count). The molecular formula is C8H5BrClN3S. The Morgan fingerprint density at radius 1 is 1.50 bits per heavy atom. The highest BCUT2D eigenvalue weighted by Crippen LogP contribution is 2.36. The van der Waals surface area contributed by atoms with Crippen molar-refractivity contribution in [1.82, 2.24) is 9.97 Å². The van der Waals surface area contributed by atoms with Crippen LogP contribution in [0.2, 0.25) is 4.34 Å². The van der Waals surface area contributed by atoms with Crippen LogP contribution in [-0.4, -0.2) is 9.97 Å². The van der Waals surface area contributed by atoms with Crippen molar-refractivity contribution in [3.63, 3.8) is 0 Å². The molecule has 0 aliphatic heterocycles. The van der Waals surface area contributed by atoms with Crippen LogP contribution in [0.15, 0.2) is 22.8 Å². The monoisotopic (exact) mass is 289 g/mol. The van der Waals surface area contributed by atoms with Crippen molar-refractivity contribution in [3.8, 4) is 10.7 Å². The Kier molecular flexibility index (Phi) is 2.71. The summed E-state index contributed by atoms with van der Waals surface area (Å²) in [5, 5.41) is 0. The lowest BCUT2D eigenvalue weighted by molar-refractivity contribution is 1.19. The van der Waals surface area contributed by atoms with Crippen molar-refractivity contribution < 1.29 is 0 Å². The molecule has 3 nitrogen and oxygen atoms in total. The third kappa shape index (κ3) is 1.89. The van der Waals surface area contributed by atoms with Crippen molar-refractivity contribution in [3.05, 3.63) is 27.1 Å². The van der Waals surface area contributed by atoms with Gasteiger partial charge in [0, 0.05) is 10.7 Å². The van der Waals surface area contributed by atoms with Gasteiger partial charge in [0.05, 0.1) is 4.88 Å². The van der Waals surface area contributed by atoms with Gasteiger partial charge >= 0.3 is 0 Å². The molecule has 14 heavy (non-hydrogen) atoms. The average Bonchev–Trinajstić information content (AvgIpc) is 2.47. The SMILES string of the molecule is Nc1ccnc(-c2cc(Br)c(Cl)s2)n1. The summed E-state index contributed by atoms with van der Waals surface area (Å²) in [6, 6.07) is 3.52. The minimum Gasteiger partial charge on any atom is -0.384 e. The van der Waals surface area contributed by atoms with Gasteiger partial charge in [-0.1, -0.05) is 11.6 Å². The zero-order valence-corrected chi connectivity index (χ0v) is 10.0. The highest BCUT2D eigenvalue weighted by atomic mass is 79.9. The summed E-state index contributed by atoms with van der Waals surface area (Å²) in [4.78, 5) is 9.10. The largest absolute Gasteiger partial charge is 0.384 e. The van der Waals surface area contributed by atoms with Crippen LogP contribution in [0.5, 0.6) is 0 Å². The summed E-state index contributed by atoms with van der Waals surface area (Å²) in [5.74, 6) is 1.05. The van der Waals surface area contributed by atoms with Gasteiger partial charge in [-0.15, -0.1) is 11.3 Å². The predicted molar refractivity (Wildman–Crippen MR) is 62.5 cm³/mol. The number of hydrogen-bond acceptors (Lipinski definition) is 4. The van der Waals surface area contributed by atoms with E-state index in [0.717, 1.165) is 9.35 Å². The molecule has 0 radical (unpaired) electrons. The lowest BCUT2D eigenvalue weighted by Gasteiger charge is -1.95. The molecule has 2 N–H and O–H groups in total. The van der Waals surface area contributed by atoms with E-state index in [0.29, 0.717) is 16.0 Å². The highest BCUT2D eigenvalue weighted by Gasteiger charge is 2.08. The van der Waals surface area contributed by atoms with Gasteiger partial charge in [0.1, 0.15) is 10.2 Å². The fourth-order valence-electron chi connectivity index (χ4n) is 0.948. The number of anilines is 1. The lowest BCUT2D eigenvalue weighted by atomic mass is 10.4. The molecule has 0 aromatic carbocycles. The smallest absolute Gasteiger partial charge is 0.171 e. The molecule has 0 unspecified atom stereocenters. The van der Waals surface area contributed by atoms with Crippen LogP contribution in [0.3, 0.4) is 0 Å². The average molecular weight is 291 g/mol. The second-order valence-electron chi connectivity index (χ2n) is 2.54. The molecule has 0 aliphatic rings. The normalized spacial score (nSPS) is 10.4. The molecule has 0 spiro atoms. The van der Waals surface area contributed by atoms with Gasteiger partial charge in [0.15, 0.2) is 5.82 Å². The van der Waals surface area contributed by atoms with Gasteiger partial charge in [-0.05, 0) is 28.1 Å². The van der Waals surface area contributed by atoms with E-state index >= 15 is 0 Å². The van der Waals surface area contributed by atoms with E-state index in [9.17, 15) is 0 Å². The summed E-state index contributed by atoms with van der Waals surface area (Å²) < 4.78 is 1.54. The molecule has 0 saturated carbocycles. The van der Waals surface area contributed by atoms with E-state index in [1.54, 1.807) is 12.3 Å². The first-order valence-corrected chi connectivity index (χ1v) is 5.69. The number of hydrogen-bond donors (Lipinski definition) is 1. The van der Waals surface area contributed by atoms with Crippen LogP contribution in [0.25, 0.3) is 10.7 Å². The van der Waals surface area contributed by atoms with Crippen LogP contribution in [0.4, 0.5) is 5.82 Å². The molecule has 0 bridgehead atoms. The molecular weight excluding hydrogens is 286 g/mol. The Morgan fingerprint density at radius 3 is 2.86 bits per heavy atom. The zero-order chi connectivity index (χ0) is 10.1. The molecule has 2 heterocycles. The van der Waals surface area contributed by atoms with E-state index in [1.807, 2.05) is 6.07 Å². The third-order valence-electron chi connectivity index (χ3n) is 1.54. The predicted octanol–water partition coefficient (Wildman–Crippen LogP) is 3.20. The Bertz CT molecular complexity index is 452. The Morgan fingerprint density at radius 2 is 2.29 bits per heavy atom. The summed E-state index contributed by atoms with van der Waals surface area (Å²) >= 11 is 10.6. The summed E-state index contributed by atoms with van der Waals surface area (Å²) in [6.45, 7) is 0. The second kappa shape index (κ2) is 3.84. The first-order valence-electron chi connectivity index (χ1n) is 3.70. The highest BCUT2D eigenvalue weighted by molar-refractivity contribution is 9.10. The number of nitrogens with two attached hydrogens (primary N) is 1. The Balaban J connectivity index is 2.49. The van der Waals surface area contributed by atoms with Crippen molar-refractivity contribution in [2.24, 2.45) is 0 Å². The number of halogens is 2. The number of aromatic nitrogens is 2. The molecule has 0 saturated heterocycles. The number of thiophene rings is 1. The molecule has 72 valence electrons. The maximum Gasteiger partial charge on any atom is 0.171 e. The van der Waals surface area contributed by atoms with Crippen LogP contribution >= 0.6 is 38.9 Å². The standard InChI is InChI=1S/C8H5BrClN3S/c9-4-3-5(14-7(4)10)8-12-2-1-6(11)13-8/h1-3H,(H2,11,12,13). The molecule has 0 aliphatic carbocycles. The van der Waals surface area contributed by atoms with E-state index < -0.39 is 0 Å². The molecule has 2 aromatic rings. The van der Waals surface area contributed by atoms with Gasteiger partial charge in [0.2, 0.25) is 0 Å². The van der Waals surface area contributed by atoms with Crippen molar-refractivity contribution in [1.29, 1.82) is 0 Å². The van der Waals surface area contributed by atoms with Gasteiger partial charge < -0.3 is 5.73 Å². The second-order valence-corrected chi connectivity index (χ2v) is 5.05. The third-order valence-corrected chi connectivity index (χ3v) is 4.01.